The number of carboxylic acid groups (broad SMARTS) is 1. The number of carbonyl (C=O) groups is 1. The minimum Gasteiger partial charge on any atom is -0.478 e. The molecular weight excluding hydrogens is 384 g/mol. The van der Waals surface area contributed by atoms with Crippen LogP contribution in [0.15, 0.2) is 72.4 Å². The Kier molecular flexibility index (Phi) is 5.23. The van der Waals surface area contributed by atoms with Crippen molar-refractivity contribution in [2.24, 2.45) is 0 Å². The average Bonchev–Trinajstić information content (AvgIpc) is 2.97. The SMILES string of the molecule is O=C(O)c1cccc(CN2CCC(=C3c4ccccc4C=Cc4cccnc43)CC2)c1. The monoisotopic (exact) mass is 408 g/mol. The molecule has 4 nitrogen and oxygen atoms in total. The number of likely N-dealkylation sites (tertiary alicyclic amines) is 1. The number of fused-ring (bicyclic) bond motifs is 2. The van der Waals surface area contributed by atoms with Crippen LogP contribution in [0, 0.1) is 0 Å². The van der Waals surface area contributed by atoms with Crippen LogP contribution >= 0.6 is 0 Å². The average molecular weight is 409 g/mol. The van der Waals surface area contributed by atoms with Crippen molar-refractivity contribution in [1.82, 2.24) is 9.88 Å². The molecule has 1 aromatic heterocycles. The number of pyridine rings is 1. The first kappa shape index (κ1) is 19.5. The number of hydrogen-bond donors (Lipinski definition) is 1. The smallest absolute Gasteiger partial charge is 0.335 e. The van der Waals surface area contributed by atoms with E-state index in [-0.39, 0.29) is 0 Å². The molecule has 1 fully saturated rings. The molecule has 154 valence electrons. The molecule has 0 saturated carbocycles. The molecule has 1 N–H and O–H groups in total. The van der Waals surface area contributed by atoms with Crippen molar-refractivity contribution in [2.45, 2.75) is 19.4 Å². The van der Waals surface area contributed by atoms with Crippen molar-refractivity contribution in [3.8, 4) is 0 Å². The zero-order chi connectivity index (χ0) is 21.2. The van der Waals surface area contributed by atoms with Gasteiger partial charge in [-0.05, 0) is 47.7 Å². The van der Waals surface area contributed by atoms with Crippen LogP contribution in [0.25, 0.3) is 17.7 Å². The van der Waals surface area contributed by atoms with E-state index in [1.54, 1.807) is 12.1 Å². The van der Waals surface area contributed by atoms with E-state index in [1.165, 1.54) is 22.3 Å². The third-order valence-electron chi connectivity index (χ3n) is 6.14. The molecule has 0 spiro atoms. The molecule has 0 radical (unpaired) electrons. The topological polar surface area (TPSA) is 53.4 Å². The fraction of sp³-hybridized carbons (Fsp3) is 0.185. The van der Waals surface area contributed by atoms with E-state index in [0.717, 1.165) is 49.3 Å². The van der Waals surface area contributed by atoms with Crippen molar-refractivity contribution < 1.29 is 9.90 Å². The maximum Gasteiger partial charge on any atom is 0.335 e. The lowest BCUT2D eigenvalue weighted by molar-refractivity contribution is 0.0696. The highest BCUT2D eigenvalue weighted by molar-refractivity contribution is 5.93. The Morgan fingerprint density at radius 2 is 1.71 bits per heavy atom. The van der Waals surface area contributed by atoms with Crippen LogP contribution < -0.4 is 0 Å². The van der Waals surface area contributed by atoms with Gasteiger partial charge in [0.2, 0.25) is 0 Å². The fourth-order valence-electron chi connectivity index (χ4n) is 4.59. The Labute approximate surface area is 182 Å². The first-order valence-corrected chi connectivity index (χ1v) is 10.7. The summed E-state index contributed by atoms with van der Waals surface area (Å²) in [5, 5.41) is 9.25. The Balaban J connectivity index is 1.43. The van der Waals surface area contributed by atoms with E-state index in [1.807, 2.05) is 24.4 Å². The molecule has 2 heterocycles. The molecule has 0 unspecified atom stereocenters. The van der Waals surface area contributed by atoms with Crippen LogP contribution in [0.5, 0.6) is 0 Å². The third-order valence-corrected chi connectivity index (χ3v) is 6.14. The van der Waals surface area contributed by atoms with Crippen LogP contribution in [0.2, 0.25) is 0 Å². The molecule has 1 saturated heterocycles. The third kappa shape index (κ3) is 3.94. The highest BCUT2D eigenvalue weighted by Gasteiger charge is 2.23. The van der Waals surface area contributed by atoms with Crippen LogP contribution in [-0.4, -0.2) is 34.0 Å². The Morgan fingerprint density at radius 1 is 0.935 bits per heavy atom. The molecule has 0 atom stereocenters. The summed E-state index contributed by atoms with van der Waals surface area (Å²) in [7, 11) is 0. The van der Waals surface area contributed by atoms with E-state index in [9.17, 15) is 9.90 Å². The number of rotatable bonds is 3. The van der Waals surface area contributed by atoms with Crippen molar-refractivity contribution in [1.29, 1.82) is 0 Å². The van der Waals surface area contributed by atoms with Crippen LogP contribution in [0.3, 0.4) is 0 Å². The maximum absolute atomic E-state index is 11.3. The Bertz CT molecular complexity index is 1150. The van der Waals surface area contributed by atoms with Crippen LogP contribution in [-0.2, 0) is 6.54 Å². The number of piperidine rings is 1. The van der Waals surface area contributed by atoms with E-state index in [2.05, 4.69) is 47.4 Å². The molecule has 4 heteroatoms. The molecule has 1 aliphatic carbocycles. The van der Waals surface area contributed by atoms with Gasteiger partial charge in [-0.15, -0.1) is 0 Å². The van der Waals surface area contributed by atoms with Gasteiger partial charge >= 0.3 is 5.97 Å². The van der Waals surface area contributed by atoms with Crippen molar-refractivity contribution in [2.75, 3.05) is 13.1 Å². The minimum absolute atomic E-state index is 0.350. The first-order chi connectivity index (χ1) is 15.2. The summed E-state index contributed by atoms with van der Waals surface area (Å²) in [5.41, 5.74) is 8.85. The zero-order valence-corrected chi connectivity index (χ0v) is 17.3. The minimum atomic E-state index is -0.876. The Morgan fingerprint density at radius 3 is 2.55 bits per heavy atom. The molecule has 0 amide bonds. The lowest BCUT2D eigenvalue weighted by atomic mass is 9.88. The van der Waals surface area contributed by atoms with E-state index in [0.29, 0.717) is 5.56 Å². The Hall–Kier alpha value is -3.50. The molecular formula is C27H24N2O2. The van der Waals surface area contributed by atoms with Crippen molar-refractivity contribution in [3.63, 3.8) is 0 Å². The summed E-state index contributed by atoms with van der Waals surface area (Å²) in [5.74, 6) is -0.876. The van der Waals surface area contributed by atoms with Gasteiger partial charge < -0.3 is 5.11 Å². The number of aromatic nitrogens is 1. The van der Waals surface area contributed by atoms with Gasteiger partial charge in [-0.2, -0.15) is 0 Å². The summed E-state index contributed by atoms with van der Waals surface area (Å²) in [6.45, 7) is 2.68. The van der Waals surface area contributed by atoms with Crippen LogP contribution in [0.1, 0.15) is 51.1 Å². The van der Waals surface area contributed by atoms with E-state index >= 15 is 0 Å². The van der Waals surface area contributed by atoms with Gasteiger partial charge in [-0.25, -0.2) is 4.79 Å². The summed E-state index contributed by atoms with van der Waals surface area (Å²) in [6, 6.07) is 20.0. The number of nitrogens with zero attached hydrogens (tertiary/aromatic N) is 2. The lowest BCUT2D eigenvalue weighted by Gasteiger charge is -2.30. The summed E-state index contributed by atoms with van der Waals surface area (Å²) >= 11 is 0. The van der Waals surface area contributed by atoms with E-state index < -0.39 is 5.97 Å². The predicted molar refractivity (Wildman–Crippen MR) is 124 cm³/mol. The van der Waals surface area contributed by atoms with Gasteiger partial charge in [0.25, 0.3) is 0 Å². The first-order valence-electron chi connectivity index (χ1n) is 10.7. The summed E-state index contributed by atoms with van der Waals surface area (Å²) in [6.07, 6.45) is 8.20. The summed E-state index contributed by atoms with van der Waals surface area (Å²) in [4.78, 5) is 18.4. The van der Waals surface area contributed by atoms with Gasteiger partial charge in [-0.3, -0.25) is 9.88 Å². The highest BCUT2D eigenvalue weighted by atomic mass is 16.4. The molecule has 1 aliphatic heterocycles. The van der Waals surface area contributed by atoms with Crippen LogP contribution in [0.4, 0.5) is 0 Å². The molecule has 3 aromatic rings. The fourth-order valence-corrected chi connectivity index (χ4v) is 4.59. The molecule has 0 bridgehead atoms. The van der Waals surface area contributed by atoms with Crippen molar-refractivity contribution >= 4 is 23.7 Å². The van der Waals surface area contributed by atoms with Crippen molar-refractivity contribution in [3.05, 3.63) is 106 Å². The molecule has 5 rings (SSSR count). The summed E-state index contributed by atoms with van der Waals surface area (Å²) < 4.78 is 0. The lowest BCUT2D eigenvalue weighted by Crippen LogP contribution is -2.30. The largest absolute Gasteiger partial charge is 0.478 e. The maximum atomic E-state index is 11.3. The number of hydrogen-bond acceptors (Lipinski definition) is 3. The van der Waals surface area contributed by atoms with Gasteiger partial charge in [-0.1, -0.05) is 60.2 Å². The zero-order valence-electron chi connectivity index (χ0n) is 17.3. The van der Waals surface area contributed by atoms with Gasteiger partial charge in [0.15, 0.2) is 0 Å². The second-order valence-electron chi connectivity index (χ2n) is 8.12. The second kappa shape index (κ2) is 8.32. The highest BCUT2D eigenvalue weighted by Crippen LogP contribution is 2.37. The molecule has 31 heavy (non-hydrogen) atoms. The number of carboxylic acids is 1. The number of benzene rings is 2. The van der Waals surface area contributed by atoms with E-state index in [4.69, 9.17) is 4.98 Å². The second-order valence-corrected chi connectivity index (χ2v) is 8.12. The predicted octanol–water partition coefficient (Wildman–Crippen LogP) is 5.36. The quantitative estimate of drug-likeness (QED) is 0.496. The molecule has 2 aliphatic rings. The standard InChI is InChI=1S/C27H24N2O2/c30-27(31)23-7-3-5-19(17-23)18-29-15-12-21(13-16-29)25-24-9-2-1-6-20(24)10-11-22-8-4-14-28-26(22)25/h1-11,14,17H,12-13,15-16,18H2,(H,30,31). The number of aromatic carboxylic acids is 1. The normalized spacial score (nSPS) is 15.9. The molecule has 2 aromatic carbocycles. The van der Waals surface area contributed by atoms with Gasteiger partial charge in [0.1, 0.15) is 0 Å². The van der Waals surface area contributed by atoms with Gasteiger partial charge in [0.05, 0.1) is 11.3 Å². The van der Waals surface area contributed by atoms with Gasteiger partial charge in [0, 0.05) is 37.0 Å².